The van der Waals surface area contributed by atoms with E-state index in [1.807, 2.05) is 32.0 Å². The third-order valence-electron chi connectivity index (χ3n) is 5.81. The molecule has 6 nitrogen and oxygen atoms in total. The van der Waals surface area contributed by atoms with Gasteiger partial charge < -0.3 is 14.4 Å². The molecular weight excluding hydrogens is 392 g/mol. The van der Waals surface area contributed by atoms with Crippen LogP contribution in [0.15, 0.2) is 48.2 Å². The van der Waals surface area contributed by atoms with Crippen LogP contribution in [0, 0.1) is 5.92 Å². The minimum absolute atomic E-state index is 0.181. The van der Waals surface area contributed by atoms with Crippen molar-refractivity contribution < 1.29 is 19.1 Å². The summed E-state index contributed by atoms with van der Waals surface area (Å²) in [5, 5.41) is 0. The zero-order valence-electron chi connectivity index (χ0n) is 18.5. The first-order valence-corrected chi connectivity index (χ1v) is 10.6. The monoisotopic (exact) mass is 420 g/mol. The highest BCUT2D eigenvalue weighted by Gasteiger charge is 2.42. The summed E-state index contributed by atoms with van der Waals surface area (Å²) in [6, 6.07) is 13.6. The Morgan fingerprint density at radius 3 is 2.32 bits per heavy atom. The molecule has 0 aromatic heterocycles. The van der Waals surface area contributed by atoms with Crippen LogP contribution in [-0.4, -0.2) is 48.9 Å². The van der Waals surface area contributed by atoms with E-state index in [1.165, 1.54) is 16.0 Å². The smallest absolute Gasteiger partial charge is 0.277 e. The Kier molecular flexibility index (Phi) is 5.72. The fourth-order valence-corrected chi connectivity index (χ4v) is 4.33. The van der Waals surface area contributed by atoms with Crippen molar-refractivity contribution in [3.63, 3.8) is 0 Å². The van der Waals surface area contributed by atoms with Crippen molar-refractivity contribution in [3.8, 4) is 11.5 Å². The summed E-state index contributed by atoms with van der Waals surface area (Å²) in [6.45, 7) is 5.70. The lowest BCUT2D eigenvalue weighted by Crippen LogP contribution is -2.38. The highest BCUT2D eigenvalue weighted by molar-refractivity contribution is 6.35. The maximum Gasteiger partial charge on any atom is 0.277 e. The fourth-order valence-electron chi connectivity index (χ4n) is 4.33. The van der Waals surface area contributed by atoms with Gasteiger partial charge in [-0.15, -0.1) is 0 Å². The first kappa shape index (κ1) is 21.0. The molecule has 2 aliphatic rings. The molecule has 0 N–H and O–H groups in total. The number of benzene rings is 2. The average Bonchev–Trinajstić information content (AvgIpc) is 3.02. The molecule has 0 saturated heterocycles. The number of hydrogen-bond donors (Lipinski definition) is 0. The molecule has 0 radical (unpaired) electrons. The first-order valence-electron chi connectivity index (χ1n) is 10.6. The Labute approximate surface area is 183 Å². The van der Waals surface area contributed by atoms with Crippen LogP contribution in [0.3, 0.4) is 0 Å². The van der Waals surface area contributed by atoms with Gasteiger partial charge in [0.05, 0.1) is 19.8 Å². The largest absolute Gasteiger partial charge is 0.493 e. The van der Waals surface area contributed by atoms with Gasteiger partial charge in [0, 0.05) is 19.6 Å². The number of fused-ring (bicyclic) bond motifs is 1. The fraction of sp³-hybridized carbons (Fsp3) is 0.360. The van der Waals surface area contributed by atoms with Crippen LogP contribution in [0.4, 0.5) is 0 Å². The highest BCUT2D eigenvalue weighted by Crippen LogP contribution is 2.38. The van der Waals surface area contributed by atoms with Gasteiger partial charge in [0.15, 0.2) is 11.5 Å². The van der Waals surface area contributed by atoms with Crippen molar-refractivity contribution in [3.05, 3.63) is 64.9 Å². The second-order valence-electron chi connectivity index (χ2n) is 8.35. The Morgan fingerprint density at radius 1 is 0.935 bits per heavy atom. The van der Waals surface area contributed by atoms with Gasteiger partial charge in [-0.1, -0.05) is 44.2 Å². The van der Waals surface area contributed by atoms with Crippen LogP contribution >= 0.6 is 0 Å². The predicted octanol–water partition coefficient (Wildman–Crippen LogP) is 3.50. The van der Waals surface area contributed by atoms with E-state index in [9.17, 15) is 9.59 Å². The molecule has 0 atom stereocenters. The topological polar surface area (TPSA) is 59.1 Å². The van der Waals surface area contributed by atoms with E-state index in [2.05, 4.69) is 17.0 Å². The number of nitrogens with zero attached hydrogens (tertiary/aromatic N) is 2. The minimum Gasteiger partial charge on any atom is -0.493 e. The lowest BCUT2D eigenvalue weighted by molar-refractivity contribution is -0.138. The molecule has 0 unspecified atom stereocenters. The van der Waals surface area contributed by atoms with Crippen molar-refractivity contribution >= 4 is 17.4 Å². The number of ether oxygens (including phenoxy) is 2. The molecule has 2 aromatic rings. The van der Waals surface area contributed by atoms with Gasteiger partial charge in [-0.3, -0.25) is 14.5 Å². The summed E-state index contributed by atoms with van der Waals surface area (Å²) in [7, 11) is 3.13. The summed E-state index contributed by atoms with van der Waals surface area (Å²) in [5.74, 6) is 0.818. The van der Waals surface area contributed by atoms with Gasteiger partial charge in [-0.25, -0.2) is 0 Å². The van der Waals surface area contributed by atoms with E-state index >= 15 is 0 Å². The maximum absolute atomic E-state index is 13.5. The molecule has 2 heterocycles. The Bertz CT molecular complexity index is 1060. The number of carbonyl (C=O) groups excluding carboxylic acids is 2. The standard InChI is InChI=1S/C25H28N2O4/c1-16(2)14-27-24(28)22(18-9-10-20(30-3)21(13-18)31-4)23(25(27)29)26-12-11-17-7-5-6-8-19(17)15-26/h5-10,13,16H,11-12,14-15H2,1-4H3. The quantitative estimate of drug-likeness (QED) is 0.670. The molecule has 0 aliphatic carbocycles. The molecule has 0 fully saturated rings. The molecule has 31 heavy (non-hydrogen) atoms. The van der Waals surface area contributed by atoms with E-state index in [0.717, 1.165) is 6.42 Å². The van der Waals surface area contributed by atoms with Gasteiger partial charge in [-0.05, 0) is 41.2 Å². The van der Waals surface area contributed by atoms with Crippen molar-refractivity contribution in [1.82, 2.24) is 9.80 Å². The summed E-state index contributed by atoms with van der Waals surface area (Å²) >= 11 is 0. The van der Waals surface area contributed by atoms with Crippen molar-refractivity contribution in [2.45, 2.75) is 26.8 Å². The normalized spacial score (nSPS) is 16.3. The third-order valence-corrected chi connectivity index (χ3v) is 5.81. The third kappa shape index (κ3) is 3.78. The average molecular weight is 421 g/mol. The molecule has 4 rings (SSSR count). The van der Waals surface area contributed by atoms with E-state index in [0.29, 0.717) is 48.0 Å². The number of imide groups is 1. The van der Waals surface area contributed by atoms with Gasteiger partial charge in [-0.2, -0.15) is 0 Å². The Hall–Kier alpha value is -3.28. The number of rotatable bonds is 6. The molecule has 2 aliphatic heterocycles. The van der Waals surface area contributed by atoms with E-state index in [4.69, 9.17) is 9.47 Å². The number of amides is 2. The van der Waals surface area contributed by atoms with E-state index in [1.54, 1.807) is 26.4 Å². The van der Waals surface area contributed by atoms with Crippen LogP contribution in [0.5, 0.6) is 11.5 Å². The summed E-state index contributed by atoms with van der Waals surface area (Å²) in [4.78, 5) is 30.4. The minimum atomic E-state index is -0.250. The van der Waals surface area contributed by atoms with Crippen LogP contribution in [-0.2, 0) is 22.6 Å². The molecular formula is C25H28N2O4. The summed E-state index contributed by atoms with van der Waals surface area (Å²) < 4.78 is 10.8. The molecule has 0 bridgehead atoms. The van der Waals surface area contributed by atoms with Crippen LogP contribution in [0.25, 0.3) is 5.57 Å². The lowest BCUT2D eigenvalue weighted by Gasteiger charge is -2.31. The van der Waals surface area contributed by atoms with Crippen LogP contribution < -0.4 is 9.47 Å². The van der Waals surface area contributed by atoms with Crippen molar-refractivity contribution in [1.29, 1.82) is 0 Å². The second-order valence-corrected chi connectivity index (χ2v) is 8.35. The van der Waals surface area contributed by atoms with E-state index in [-0.39, 0.29) is 17.7 Å². The van der Waals surface area contributed by atoms with Crippen LogP contribution in [0.1, 0.15) is 30.5 Å². The number of methoxy groups -OCH3 is 2. The maximum atomic E-state index is 13.5. The molecule has 162 valence electrons. The highest BCUT2D eigenvalue weighted by atomic mass is 16.5. The molecule has 0 spiro atoms. The van der Waals surface area contributed by atoms with Gasteiger partial charge in [0.25, 0.3) is 11.8 Å². The number of hydrogen-bond acceptors (Lipinski definition) is 5. The van der Waals surface area contributed by atoms with Crippen molar-refractivity contribution in [2.75, 3.05) is 27.3 Å². The van der Waals surface area contributed by atoms with Crippen molar-refractivity contribution in [2.24, 2.45) is 5.92 Å². The zero-order valence-corrected chi connectivity index (χ0v) is 18.5. The molecule has 2 aromatic carbocycles. The SMILES string of the molecule is COc1ccc(C2=C(N3CCc4ccccc4C3)C(=O)N(CC(C)C)C2=O)cc1OC. The van der Waals surface area contributed by atoms with Gasteiger partial charge >= 0.3 is 0 Å². The van der Waals surface area contributed by atoms with Gasteiger partial charge in [0.1, 0.15) is 5.70 Å². The summed E-state index contributed by atoms with van der Waals surface area (Å²) in [6.07, 6.45) is 0.838. The number of carbonyl (C=O) groups is 2. The second kappa shape index (κ2) is 8.46. The first-order chi connectivity index (χ1) is 14.9. The van der Waals surface area contributed by atoms with Gasteiger partial charge in [0.2, 0.25) is 0 Å². The lowest BCUT2D eigenvalue weighted by atomic mass is 9.97. The molecule has 2 amide bonds. The Balaban J connectivity index is 1.81. The summed E-state index contributed by atoms with van der Waals surface area (Å²) in [5.41, 5.74) is 4.06. The zero-order chi connectivity index (χ0) is 22.1. The molecule has 6 heteroatoms. The van der Waals surface area contributed by atoms with E-state index < -0.39 is 0 Å². The molecule has 0 saturated carbocycles. The Morgan fingerprint density at radius 2 is 1.65 bits per heavy atom. The van der Waals surface area contributed by atoms with Crippen LogP contribution in [0.2, 0.25) is 0 Å². The predicted molar refractivity (Wildman–Crippen MR) is 119 cm³/mol.